The van der Waals surface area contributed by atoms with Gasteiger partial charge in [0.2, 0.25) is 0 Å². The first-order valence-corrected chi connectivity index (χ1v) is 8.64. The summed E-state index contributed by atoms with van der Waals surface area (Å²) in [5.41, 5.74) is 1.52. The number of hydrogen-bond acceptors (Lipinski definition) is 1. The highest BCUT2D eigenvalue weighted by Crippen LogP contribution is 2.17. The summed E-state index contributed by atoms with van der Waals surface area (Å²) in [6.07, 6.45) is 6.44. The Hall–Kier alpha value is -2.04. The third-order valence-electron chi connectivity index (χ3n) is 3.38. The average Bonchev–Trinajstić information content (AvgIpc) is 2.59. The zero-order valence-corrected chi connectivity index (χ0v) is 15.0. The summed E-state index contributed by atoms with van der Waals surface area (Å²) in [4.78, 5) is 11.2. The van der Waals surface area contributed by atoms with Crippen molar-refractivity contribution in [2.75, 3.05) is 0 Å². The minimum Gasteiger partial charge on any atom is -0.297 e. The monoisotopic (exact) mass is 412 g/mol. The minimum absolute atomic E-state index is 0.521. The molecule has 0 aliphatic carbocycles. The molecule has 2 rings (SSSR count). The predicted octanol–water partition coefficient (Wildman–Crippen LogP) is 5.38. The highest BCUT2D eigenvalue weighted by Gasteiger charge is 1.96. The van der Waals surface area contributed by atoms with E-state index in [1.165, 1.54) is 5.39 Å². The van der Waals surface area contributed by atoms with Crippen molar-refractivity contribution in [2.45, 2.75) is 25.7 Å². The van der Waals surface area contributed by atoms with E-state index in [1.807, 2.05) is 46.9 Å². The molecule has 0 saturated heterocycles. The molecule has 0 saturated carbocycles. The molecule has 1 nitrogen and oxygen atoms in total. The number of aldehydes is 1. The Balaban J connectivity index is 2.02. The second-order valence-corrected chi connectivity index (χ2v) is 5.64. The normalized spacial score (nSPS) is 10.4. The first-order chi connectivity index (χ1) is 11.3. The maximum Gasteiger partial charge on any atom is 0.158 e. The molecule has 0 fully saturated rings. The van der Waals surface area contributed by atoms with E-state index in [9.17, 15) is 4.79 Å². The number of carbonyl (C=O) groups excluding carboxylic acids is 1. The van der Waals surface area contributed by atoms with Gasteiger partial charge in [0.25, 0.3) is 0 Å². The Kier molecular flexibility index (Phi) is 7.43. The van der Waals surface area contributed by atoms with Gasteiger partial charge < -0.3 is 0 Å². The standard InChI is InChI=1S/C21H17IO/c22-14-8-4-2-1-3-5-9-19(17-23)15-18-12-13-20-10-6-7-11-21(20)16-18/h6-7,10-13,15-17H,1-4H2/b19-15-. The second kappa shape index (κ2) is 9.87. The van der Waals surface area contributed by atoms with Crippen molar-refractivity contribution in [3.8, 4) is 21.7 Å². The topological polar surface area (TPSA) is 17.1 Å². The molecule has 2 heteroatoms. The molecule has 2 aromatic rings. The van der Waals surface area contributed by atoms with Crippen molar-refractivity contribution in [3.05, 3.63) is 53.6 Å². The molecule has 0 radical (unpaired) electrons. The van der Waals surface area contributed by atoms with Crippen molar-refractivity contribution in [1.82, 2.24) is 0 Å². The number of fused-ring (bicyclic) bond motifs is 1. The second-order valence-electron chi connectivity index (χ2n) is 5.10. The van der Waals surface area contributed by atoms with Gasteiger partial charge in [0.1, 0.15) is 0 Å². The predicted molar refractivity (Wildman–Crippen MR) is 106 cm³/mol. The first-order valence-electron chi connectivity index (χ1n) is 7.56. The highest BCUT2D eigenvalue weighted by atomic mass is 127. The van der Waals surface area contributed by atoms with Crippen LogP contribution in [0, 0.1) is 21.7 Å². The lowest BCUT2D eigenvalue weighted by atomic mass is 10.1. The van der Waals surface area contributed by atoms with Crippen molar-refractivity contribution in [3.63, 3.8) is 0 Å². The Morgan fingerprint density at radius 1 is 1.00 bits per heavy atom. The molecule has 0 unspecified atom stereocenters. The molecular weight excluding hydrogens is 395 g/mol. The molecule has 0 heterocycles. The van der Waals surface area contributed by atoms with Crippen LogP contribution in [-0.4, -0.2) is 6.29 Å². The molecule has 0 aliphatic heterocycles. The van der Waals surface area contributed by atoms with Crippen molar-refractivity contribution < 1.29 is 4.79 Å². The number of benzene rings is 2. The van der Waals surface area contributed by atoms with Gasteiger partial charge in [0.15, 0.2) is 6.29 Å². The molecular formula is C21H17IO. The molecule has 0 amide bonds. The van der Waals surface area contributed by atoms with Crippen LogP contribution in [0.4, 0.5) is 0 Å². The minimum atomic E-state index is 0.521. The van der Waals surface area contributed by atoms with Crippen LogP contribution in [0.25, 0.3) is 16.8 Å². The lowest BCUT2D eigenvalue weighted by Gasteiger charge is -1.99. The molecule has 0 aromatic heterocycles. The van der Waals surface area contributed by atoms with Gasteiger partial charge >= 0.3 is 0 Å². The third kappa shape index (κ3) is 5.93. The molecule has 114 valence electrons. The van der Waals surface area contributed by atoms with Gasteiger partial charge in [0.05, 0.1) is 5.57 Å². The van der Waals surface area contributed by atoms with E-state index in [1.54, 1.807) is 0 Å². The summed E-state index contributed by atoms with van der Waals surface area (Å²) in [6, 6.07) is 14.3. The Morgan fingerprint density at radius 2 is 1.74 bits per heavy atom. The van der Waals surface area contributed by atoms with Crippen LogP contribution in [-0.2, 0) is 4.79 Å². The van der Waals surface area contributed by atoms with Gasteiger partial charge in [-0.2, -0.15) is 0 Å². The number of carbonyl (C=O) groups is 1. The van der Waals surface area contributed by atoms with Crippen LogP contribution >= 0.6 is 22.6 Å². The summed E-state index contributed by atoms with van der Waals surface area (Å²) in [5.74, 6) is 9.06. The Labute approximate surface area is 151 Å². The van der Waals surface area contributed by atoms with Gasteiger partial charge in [-0.25, -0.2) is 0 Å². The maximum absolute atomic E-state index is 11.2. The number of allylic oxidation sites excluding steroid dienone is 1. The summed E-state index contributed by atoms with van der Waals surface area (Å²) in [7, 11) is 0. The lowest BCUT2D eigenvalue weighted by molar-refractivity contribution is -0.104. The van der Waals surface area contributed by atoms with Gasteiger partial charge in [-0.05, 0) is 45.2 Å². The SMILES string of the molecule is O=C/C(C#CCCCCC#CI)=C\c1ccc2ccccc2c1. The van der Waals surface area contributed by atoms with E-state index in [-0.39, 0.29) is 0 Å². The summed E-state index contributed by atoms with van der Waals surface area (Å²) >= 11 is 2.05. The molecule has 0 atom stereocenters. The largest absolute Gasteiger partial charge is 0.297 e. The molecule has 23 heavy (non-hydrogen) atoms. The van der Waals surface area contributed by atoms with Gasteiger partial charge in [-0.15, -0.1) is 0 Å². The van der Waals surface area contributed by atoms with E-state index in [4.69, 9.17) is 0 Å². The highest BCUT2D eigenvalue weighted by molar-refractivity contribution is 14.1. The number of rotatable bonds is 5. The van der Waals surface area contributed by atoms with Crippen molar-refractivity contribution >= 4 is 45.7 Å². The number of unbranched alkanes of at least 4 members (excludes halogenated alkanes) is 3. The average molecular weight is 412 g/mol. The van der Waals surface area contributed by atoms with Crippen LogP contribution < -0.4 is 0 Å². The van der Waals surface area contributed by atoms with Gasteiger partial charge in [0, 0.05) is 35.4 Å². The Bertz CT molecular complexity index is 825. The van der Waals surface area contributed by atoms with Crippen LogP contribution in [0.2, 0.25) is 0 Å². The summed E-state index contributed by atoms with van der Waals surface area (Å²) in [6.45, 7) is 0. The zero-order valence-electron chi connectivity index (χ0n) is 12.8. The van der Waals surface area contributed by atoms with E-state index in [0.717, 1.165) is 42.9 Å². The van der Waals surface area contributed by atoms with Crippen molar-refractivity contribution in [2.24, 2.45) is 0 Å². The van der Waals surface area contributed by atoms with Gasteiger partial charge in [-0.1, -0.05) is 54.2 Å². The fraction of sp³-hybridized carbons (Fsp3) is 0.190. The van der Waals surface area contributed by atoms with Crippen LogP contribution in [0.1, 0.15) is 31.2 Å². The van der Waals surface area contributed by atoms with Gasteiger partial charge in [-0.3, -0.25) is 4.79 Å². The number of hydrogen-bond donors (Lipinski definition) is 0. The maximum atomic E-state index is 11.2. The first kappa shape index (κ1) is 17.3. The molecule has 0 bridgehead atoms. The van der Waals surface area contributed by atoms with Crippen molar-refractivity contribution in [1.29, 1.82) is 0 Å². The quantitative estimate of drug-likeness (QED) is 0.212. The van der Waals surface area contributed by atoms with Crippen LogP contribution in [0.5, 0.6) is 0 Å². The van der Waals surface area contributed by atoms with E-state index in [2.05, 4.69) is 46.0 Å². The van der Waals surface area contributed by atoms with E-state index >= 15 is 0 Å². The fourth-order valence-electron chi connectivity index (χ4n) is 2.22. The van der Waals surface area contributed by atoms with Crippen LogP contribution in [0.3, 0.4) is 0 Å². The third-order valence-corrected chi connectivity index (χ3v) is 3.76. The number of halogens is 1. The van der Waals surface area contributed by atoms with Crippen LogP contribution in [0.15, 0.2) is 48.0 Å². The van der Waals surface area contributed by atoms with E-state index in [0.29, 0.717) is 5.57 Å². The lowest BCUT2D eigenvalue weighted by Crippen LogP contribution is -1.82. The molecule has 0 aliphatic rings. The smallest absolute Gasteiger partial charge is 0.158 e. The van der Waals surface area contributed by atoms with E-state index < -0.39 is 0 Å². The zero-order chi connectivity index (χ0) is 16.3. The molecule has 2 aromatic carbocycles. The summed E-state index contributed by atoms with van der Waals surface area (Å²) < 4.78 is 2.85. The molecule has 0 N–H and O–H groups in total. The fourth-order valence-corrected chi connectivity index (χ4v) is 2.48. The Morgan fingerprint density at radius 3 is 2.48 bits per heavy atom. The summed E-state index contributed by atoms with van der Waals surface area (Å²) in [5, 5.41) is 2.36. The molecule has 0 spiro atoms.